The second kappa shape index (κ2) is 8.21. The third-order valence-electron chi connectivity index (χ3n) is 5.25. The molecule has 150 valence electrons. The summed E-state index contributed by atoms with van der Waals surface area (Å²) in [7, 11) is 0. The van der Waals surface area contributed by atoms with Crippen LogP contribution in [0.25, 0.3) is 0 Å². The van der Waals surface area contributed by atoms with E-state index in [4.69, 9.17) is 4.42 Å². The summed E-state index contributed by atoms with van der Waals surface area (Å²) in [5.41, 5.74) is 2.84. The van der Waals surface area contributed by atoms with Gasteiger partial charge in [0.2, 0.25) is 0 Å². The van der Waals surface area contributed by atoms with Gasteiger partial charge in [-0.15, -0.1) is 11.3 Å². The number of carbonyl (C=O) groups is 2. The third kappa shape index (κ3) is 4.10. The zero-order chi connectivity index (χ0) is 20.4. The predicted molar refractivity (Wildman–Crippen MR) is 111 cm³/mol. The van der Waals surface area contributed by atoms with Crippen molar-refractivity contribution in [3.8, 4) is 0 Å². The number of thiazole rings is 1. The second-order valence-electron chi connectivity index (χ2n) is 7.20. The first-order chi connectivity index (χ1) is 14.0. The van der Waals surface area contributed by atoms with Gasteiger partial charge in [-0.3, -0.25) is 9.59 Å². The summed E-state index contributed by atoms with van der Waals surface area (Å²) >= 11 is 1.48. The van der Waals surface area contributed by atoms with E-state index in [-0.39, 0.29) is 11.7 Å². The average molecular weight is 410 g/mol. The van der Waals surface area contributed by atoms with Crippen molar-refractivity contribution >= 4 is 23.2 Å². The first-order valence-electron chi connectivity index (χ1n) is 9.70. The Morgan fingerprint density at radius 1 is 1.10 bits per heavy atom. The lowest BCUT2D eigenvalue weighted by Crippen LogP contribution is -2.27. The topological polar surface area (TPSA) is 67.8 Å². The predicted octanol–water partition coefficient (Wildman–Crippen LogP) is 3.78. The molecule has 0 radical (unpaired) electrons. The number of aryl methyl sites for hydroxylation is 1. The van der Waals surface area contributed by atoms with E-state index in [0.29, 0.717) is 11.3 Å². The summed E-state index contributed by atoms with van der Waals surface area (Å²) in [4.78, 5) is 32.8. The van der Waals surface area contributed by atoms with Crippen molar-refractivity contribution in [2.24, 2.45) is 4.99 Å². The van der Waals surface area contributed by atoms with Gasteiger partial charge in [0.05, 0.1) is 12.8 Å². The van der Waals surface area contributed by atoms with Gasteiger partial charge in [-0.25, -0.2) is 0 Å². The maximum Gasteiger partial charge on any atom is 0.315 e. The molecule has 2 aromatic heterocycles. The number of carbonyl (C=O) groups excluding carboxylic acids is 2. The minimum Gasteiger partial charge on any atom is -0.459 e. The Balaban J connectivity index is 1.58. The van der Waals surface area contributed by atoms with Crippen molar-refractivity contribution < 1.29 is 14.0 Å². The molecule has 1 saturated heterocycles. The first kappa shape index (κ1) is 19.4. The Kier molecular flexibility index (Phi) is 5.49. The highest BCUT2D eigenvalue weighted by molar-refractivity contribution is 7.09. The molecule has 2 amide bonds. The second-order valence-corrected chi connectivity index (χ2v) is 8.38. The molecule has 1 fully saturated rings. The molecule has 3 heterocycles. The maximum atomic E-state index is 12.5. The molecule has 4 rings (SSSR count). The summed E-state index contributed by atoms with van der Waals surface area (Å²) in [5, 5.41) is 0. The van der Waals surface area contributed by atoms with Gasteiger partial charge < -0.3 is 13.9 Å². The smallest absolute Gasteiger partial charge is 0.315 e. The van der Waals surface area contributed by atoms with Gasteiger partial charge in [0.25, 0.3) is 5.91 Å². The van der Waals surface area contributed by atoms with Gasteiger partial charge in [0, 0.05) is 29.2 Å². The number of likely N-dealkylation sites (tertiary alicyclic amines) is 1. The van der Waals surface area contributed by atoms with Crippen LogP contribution in [0.15, 0.2) is 52.1 Å². The molecule has 0 aliphatic carbocycles. The van der Waals surface area contributed by atoms with E-state index in [2.05, 4.69) is 4.99 Å². The van der Waals surface area contributed by atoms with E-state index in [1.807, 2.05) is 47.6 Å². The van der Waals surface area contributed by atoms with E-state index < -0.39 is 5.91 Å². The van der Waals surface area contributed by atoms with E-state index in [1.165, 1.54) is 17.6 Å². The van der Waals surface area contributed by atoms with Crippen molar-refractivity contribution in [3.05, 3.63) is 74.9 Å². The van der Waals surface area contributed by atoms with E-state index in [9.17, 15) is 9.59 Å². The molecule has 0 N–H and O–H groups in total. The lowest BCUT2D eigenvalue weighted by atomic mass is 10.1. The highest BCUT2D eigenvalue weighted by Crippen LogP contribution is 2.16. The minimum absolute atomic E-state index is 0.101. The quantitative estimate of drug-likeness (QED) is 0.658. The fraction of sp³-hybridized carbons (Fsp3) is 0.318. The van der Waals surface area contributed by atoms with Crippen LogP contribution in [-0.2, 0) is 6.54 Å². The number of rotatable bonds is 4. The first-order valence-corrected chi connectivity index (χ1v) is 10.5. The summed E-state index contributed by atoms with van der Waals surface area (Å²) in [5.74, 6) is -0.0643. The molecule has 6 nitrogen and oxygen atoms in total. The maximum absolute atomic E-state index is 12.5. The van der Waals surface area contributed by atoms with Crippen molar-refractivity contribution in [2.45, 2.75) is 33.2 Å². The lowest BCUT2D eigenvalue weighted by molar-refractivity contribution is 0.0792. The van der Waals surface area contributed by atoms with E-state index >= 15 is 0 Å². The molecular weight excluding hydrogens is 386 g/mol. The monoisotopic (exact) mass is 409 g/mol. The molecule has 3 aromatic rings. The largest absolute Gasteiger partial charge is 0.459 e. The molecule has 1 aliphatic heterocycles. The number of benzene rings is 1. The van der Waals surface area contributed by atoms with Crippen molar-refractivity contribution in [2.75, 3.05) is 13.1 Å². The fourth-order valence-corrected chi connectivity index (χ4v) is 4.42. The summed E-state index contributed by atoms with van der Waals surface area (Å²) < 4.78 is 7.18. The lowest BCUT2D eigenvalue weighted by Gasteiger charge is -2.15. The van der Waals surface area contributed by atoms with E-state index in [1.54, 1.807) is 12.1 Å². The number of hydrogen-bond acceptors (Lipinski definition) is 4. The van der Waals surface area contributed by atoms with Crippen LogP contribution >= 0.6 is 11.3 Å². The zero-order valence-electron chi connectivity index (χ0n) is 16.6. The SMILES string of the molecule is Cc1sc(=NC(=O)c2ccco2)n(Cc2ccc(C(=O)N3CCCC3)cc2)c1C. The zero-order valence-corrected chi connectivity index (χ0v) is 17.4. The molecule has 1 aromatic carbocycles. The van der Waals surface area contributed by atoms with Crippen LogP contribution in [-0.4, -0.2) is 34.4 Å². The van der Waals surface area contributed by atoms with E-state index in [0.717, 1.165) is 47.6 Å². The van der Waals surface area contributed by atoms with Crippen LogP contribution < -0.4 is 4.80 Å². The van der Waals surface area contributed by atoms with Gasteiger partial charge >= 0.3 is 5.91 Å². The Hall–Kier alpha value is -2.93. The van der Waals surface area contributed by atoms with Crippen LogP contribution in [0, 0.1) is 13.8 Å². The molecule has 0 bridgehead atoms. The Morgan fingerprint density at radius 2 is 1.83 bits per heavy atom. The Labute approximate surface area is 173 Å². The van der Waals surface area contributed by atoms with Crippen LogP contribution in [0.3, 0.4) is 0 Å². The summed E-state index contributed by atoms with van der Waals surface area (Å²) in [6.45, 7) is 6.31. The highest BCUT2D eigenvalue weighted by atomic mass is 32.1. The number of aromatic nitrogens is 1. The minimum atomic E-state index is -0.392. The summed E-state index contributed by atoms with van der Waals surface area (Å²) in [6, 6.07) is 11.0. The van der Waals surface area contributed by atoms with Crippen LogP contribution in [0.4, 0.5) is 0 Å². The van der Waals surface area contributed by atoms with Crippen LogP contribution in [0.2, 0.25) is 0 Å². The van der Waals surface area contributed by atoms with Crippen molar-refractivity contribution in [1.29, 1.82) is 0 Å². The third-order valence-corrected chi connectivity index (χ3v) is 6.35. The van der Waals surface area contributed by atoms with Gasteiger partial charge in [0.1, 0.15) is 0 Å². The normalized spacial score (nSPS) is 14.6. The highest BCUT2D eigenvalue weighted by Gasteiger charge is 2.19. The Morgan fingerprint density at radius 3 is 2.48 bits per heavy atom. The molecule has 0 saturated carbocycles. The van der Waals surface area contributed by atoms with Crippen LogP contribution in [0.1, 0.15) is 49.9 Å². The van der Waals surface area contributed by atoms with Gasteiger partial charge in [-0.2, -0.15) is 4.99 Å². The Bertz CT molecular complexity index is 1090. The van der Waals surface area contributed by atoms with Gasteiger partial charge in [-0.1, -0.05) is 12.1 Å². The van der Waals surface area contributed by atoms with Crippen LogP contribution in [0.5, 0.6) is 0 Å². The van der Waals surface area contributed by atoms with Crippen molar-refractivity contribution in [3.63, 3.8) is 0 Å². The number of nitrogens with zero attached hydrogens (tertiary/aromatic N) is 3. The molecule has 0 spiro atoms. The molecule has 0 unspecified atom stereocenters. The van der Waals surface area contributed by atoms with Gasteiger partial charge in [0.15, 0.2) is 10.6 Å². The average Bonchev–Trinajstić information content (AvgIpc) is 3.48. The fourth-order valence-electron chi connectivity index (χ4n) is 3.45. The molecule has 29 heavy (non-hydrogen) atoms. The molecular formula is C22H23N3O3S. The van der Waals surface area contributed by atoms with Crippen molar-refractivity contribution in [1.82, 2.24) is 9.47 Å². The molecule has 1 aliphatic rings. The standard InChI is InChI=1S/C22H23N3O3S/c1-15-16(2)29-22(23-20(26)19-6-5-13-28-19)25(15)14-17-7-9-18(10-8-17)21(27)24-11-3-4-12-24/h5-10,13H,3-4,11-12,14H2,1-2H3. The van der Waals surface area contributed by atoms with Gasteiger partial charge in [-0.05, 0) is 56.5 Å². The summed E-state index contributed by atoms with van der Waals surface area (Å²) in [6.07, 6.45) is 3.63. The molecule has 7 heteroatoms. The number of amides is 2. The number of furan rings is 1. The number of hydrogen-bond donors (Lipinski definition) is 0. The molecule has 0 atom stereocenters.